The molecule has 3 aromatic rings. The third kappa shape index (κ3) is 4.29. The van der Waals surface area contributed by atoms with Crippen LogP contribution in [-0.2, 0) is 6.42 Å². The number of thiocarbonyl (C=S) groups is 1. The lowest BCUT2D eigenvalue weighted by molar-refractivity contribution is 0.863. The molecule has 26 heavy (non-hydrogen) atoms. The van der Waals surface area contributed by atoms with Gasteiger partial charge in [0.25, 0.3) is 5.56 Å². The van der Waals surface area contributed by atoms with Gasteiger partial charge in [-0.15, -0.1) is 0 Å². The number of benzene rings is 2. The maximum Gasteiger partial charge on any atom is 0.251 e. The second kappa shape index (κ2) is 7.70. The molecule has 2 aromatic carbocycles. The van der Waals surface area contributed by atoms with Gasteiger partial charge >= 0.3 is 0 Å². The predicted octanol–water partition coefficient (Wildman–Crippen LogP) is 3.98. The second-order valence-electron chi connectivity index (χ2n) is 6.66. The van der Waals surface area contributed by atoms with Gasteiger partial charge in [-0.2, -0.15) is 0 Å². The lowest BCUT2D eigenvalue weighted by Crippen LogP contribution is -2.31. The molecule has 0 aliphatic rings. The van der Waals surface area contributed by atoms with E-state index in [9.17, 15) is 4.79 Å². The molecule has 0 saturated heterocycles. The van der Waals surface area contributed by atoms with E-state index in [1.54, 1.807) is 0 Å². The lowest BCUT2D eigenvalue weighted by Gasteiger charge is -2.13. The minimum absolute atomic E-state index is 0.0432. The Morgan fingerprint density at radius 3 is 2.58 bits per heavy atom. The predicted molar refractivity (Wildman–Crippen MR) is 113 cm³/mol. The van der Waals surface area contributed by atoms with Gasteiger partial charge in [-0.05, 0) is 79.7 Å². The van der Waals surface area contributed by atoms with Gasteiger partial charge in [-0.25, -0.2) is 0 Å². The molecule has 0 aliphatic heterocycles. The molecule has 1 aromatic heterocycles. The van der Waals surface area contributed by atoms with E-state index in [1.807, 2.05) is 38.1 Å². The number of aromatic amines is 1. The van der Waals surface area contributed by atoms with Gasteiger partial charge in [-0.1, -0.05) is 24.3 Å². The zero-order chi connectivity index (χ0) is 18.7. The number of rotatable bonds is 4. The summed E-state index contributed by atoms with van der Waals surface area (Å²) in [4.78, 5) is 15.2. The molecule has 0 saturated carbocycles. The van der Waals surface area contributed by atoms with Crippen LogP contribution < -0.4 is 16.2 Å². The van der Waals surface area contributed by atoms with Crippen LogP contribution in [0.4, 0.5) is 5.69 Å². The summed E-state index contributed by atoms with van der Waals surface area (Å²) in [5, 5.41) is 8.00. The van der Waals surface area contributed by atoms with Gasteiger partial charge in [0.1, 0.15) is 0 Å². The number of aryl methyl sites for hydroxylation is 3. The smallest absolute Gasteiger partial charge is 0.251 e. The van der Waals surface area contributed by atoms with E-state index in [1.165, 1.54) is 5.56 Å². The highest BCUT2D eigenvalue weighted by molar-refractivity contribution is 7.80. The molecule has 4 nitrogen and oxygen atoms in total. The highest BCUT2D eigenvalue weighted by Crippen LogP contribution is 2.16. The van der Waals surface area contributed by atoms with Crippen LogP contribution in [0.2, 0.25) is 0 Å². The first-order chi connectivity index (χ1) is 12.4. The molecule has 0 atom stereocenters. The first-order valence-electron chi connectivity index (χ1n) is 8.67. The van der Waals surface area contributed by atoms with E-state index in [2.05, 4.69) is 40.7 Å². The zero-order valence-corrected chi connectivity index (χ0v) is 16.1. The molecule has 1 heterocycles. The Kier molecular flexibility index (Phi) is 5.38. The van der Waals surface area contributed by atoms with Crippen LogP contribution in [0.1, 0.15) is 22.3 Å². The summed E-state index contributed by atoms with van der Waals surface area (Å²) in [6.07, 6.45) is 0.605. The van der Waals surface area contributed by atoms with Crippen molar-refractivity contribution in [1.82, 2.24) is 10.3 Å². The quantitative estimate of drug-likeness (QED) is 0.612. The summed E-state index contributed by atoms with van der Waals surface area (Å²) < 4.78 is 0. The Morgan fingerprint density at radius 1 is 1.04 bits per heavy atom. The van der Waals surface area contributed by atoms with Gasteiger partial charge < -0.3 is 15.6 Å². The van der Waals surface area contributed by atoms with Gasteiger partial charge in [0.15, 0.2) is 5.11 Å². The highest BCUT2D eigenvalue weighted by atomic mass is 32.1. The fourth-order valence-corrected chi connectivity index (χ4v) is 3.11. The molecule has 0 aliphatic carbocycles. The molecule has 3 rings (SSSR count). The number of aromatic nitrogens is 1. The van der Waals surface area contributed by atoms with E-state index in [0.717, 1.165) is 33.3 Å². The molecule has 3 N–H and O–H groups in total. The van der Waals surface area contributed by atoms with Gasteiger partial charge in [0, 0.05) is 23.3 Å². The van der Waals surface area contributed by atoms with E-state index in [-0.39, 0.29) is 5.56 Å². The normalized spacial score (nSPS) is 10.7. The van der Waals surface area contributed by atoms with Crippen molar-refractivity contribution in [3.8, 4) is 0 Å². The van der Waals surface area contributed by atoms with Crippen LogP contribution in [0, 0.1) is 20.8 Å². The number of hydrogen-bond acceptors (Lipinski definition) is 2. The fourth-order valence-electron chi connectivity index (χ4n) is 2.89. The maximum absolute atomic E-state index is 12.3. The van der Waals surface area contributed by atoms with Crippen molar-refractivity contribution < 1.29 is 0 Å². The average Bonchev–Trinajstić information content (AvgIpc) is 2.58. The van der Waals surface area contributed by atoms with E-state index < -0.39 is 0 Å². The Labute approximate surface area is 158 Å². The van der Waals surface area contributed by atoms with Crippen molar-refractivity contribution in [3.05, 3.63) is 75.1 Å². The Hall–Kier alpha value is -2.66. The van der Waals surface area contributed by atoms with Gasteiger partial charge in [0.2, 0.25) is 0 Å². The van der Waals surface area contributed by atoms with Crippen LogP contribution >= 0.6 is 12.2 Å². The Morgan fingerprint density at radius 2 is 1.77 bits per heavy atom. The Bertz CT molecular complexity index is 1020. The van der Waals surface area contributed by atoms with E-state index in [0.29, 0.717) is 18.1 Å². The minimum Gasteiger partial charge on any atom is -0.362 e. The molecule has 0 spiro atoms. The largest absolute Gasteiger partial charge is 0.362 e. The van der Waals surface area contributed by atoms with Crippen molar-refractivity contribution in [2.75, 3.05) is 11.9 Å². The molecular weight excluding hydrogens is 342 g/mol. The van der Waals surface area contributed by atoms with Crippen LogP contribution in [0.3, 0.4) is 0 Å². The van der Waals surface area contributed by atoms with Crippen molar-refractivity contribution in [2.24, 2.45) is 0 Å². The number of nitrogens with one attached hydrogen (secondary N) is 3. The average molecular weight is 366 g/mol. The summed E-state index contributed by atoms with van der Waals surface area (Å²) in [7, 11) is 0. The van der Waals surface area contributed by atoms with Crippen LogP contribution in [-0.4, -0.2) is 16.6 Å². The lowest BCUT2D eigenvalue weighted by atomic mass is 10.1. The first-order valence-corrected chi connectivity index (χ1v) is 9.08. The van der Waals surface area contributed by atoms with Crippen molar-refractivity contribution in [1.29, 1.82) is 0 Å². The van der Waals surface area contributed by atoms with E-state index in [4.69, 9.17) is 12.2 Å². The number of pyridine rings is 1. The zero-order valence-electron chi connectivity index (χ0n) is 15.3. The fraction of sp³-hybridized carbons (Fsp3) is 0.238. The third-order valence-corrected chi connectivity index (χ3v) is 4.65. The van der Waals surface area contributed by atoms with Crippen LogP contribution in [0.15, 0.2) is 47.3 Å². The molecule has 0 radical (unpaired) electrons. The number of fused-ring (bicyclic) bond motifs is 1. The molecule has 0 unspecified atom stereocenters. The topological polar surface area (TPSA) is 56.9 Å². The summed E-state index contributed by atoms with van der Waals surface area (Å²) in [6, 6.07) is 14.2. The van der Waals surface area contributed by atoms with Crippen molar-refractivity contribution >= 4 is 33.9 Å². The molecule has 0 amide bonds. The number of hydrogen-bond donors (Lipinski definition) is 3. The second-order valence-corrected chi connectivity index (χ2v) is 7.07. The minimum atomic E-state index is -0.0432. The molecule has 134 valence electrons. The maximum atomic E-state index is 12.3. The monoisotopic (exact) mass is 365 g/mol. The molecular formula is C21H23N3OS. The SMILES string of the molecule is Cc1ccc(C)c(NC(=S)NCCc2cc3ccc(C)cc3[nH]c2=O)c1. The molecule has 0 fully saturated rings. The molecule has 0 bridgehead atoms. The van der Waals surface area contributed by atoms with Crippen molar-refractivity contribution in [3.63, 3.8) is 0 Å². The van der Waals surface area contributed by atoms with Gasteiger partial charge in [-0.3, -0.25) is 4.79 Å². The van der Waals surface area contributed by atoms with E-state index >= 15 is 0 Å². The summed E-state index contributed by atoms with van der Waals surface area (Å²) >= 11 is 5.37. The summed E-state index contributed by atoms with van der Waals surface area (Å²) in [5.74, 6) is 0. The first kappa shape index (κ1) is 18.1. The summed E-state index contributed by atoms with van der Waals surface area (Å²) in [6.45, 7) is 6.70. The standard InChI is InChI=1S/C21H23N3OS/c1-13-4-6-15(3)18(10-13)24-21(26)22-9-8-17-12-16-7-5-14(2)11-19(16)23-20(17)25/h4-7,10-12H,8-9H2,1-3H3,(H,23,25)(H2,22,24,26). The van der Waals surface area contributed by atoms with Crippen LogP contribution in [0.25, 0.3) is 10.9 Å². The van der Waals surface area contributed by atoms with Crippen molar-refractivity contribution in [2.45, 2.75) is 27.2 Å². The number of H-pyrrole nitrogens is 1. The van der Waals surface area contributed by atoms with Gasteiger partial charge in [0.05, 0.1) is 0 Å². The summed E-state index contributed by atoms with van der Waals surface area (Å²) in [5.41, 5.74) is 6.03. The highest BCUT2D eigenvalue weighted by Gasteiger charge is 2.05. The van der Waals surface area contributed by atoms with Crippen LogP contribution in [0.5, 0.6) is 0 Å². The molecule has 5 heteroatoms. The third-order valence-electron chi connectivity index (χ3n) is 4.40. The number of anilines is 1. The Balaban J connectivity index is 1.62.